The highest BCUT2D eigenvalue weighted by molar-refractivity contribution is 5.94. The summed E-state index contributed by atoms with van der Waals surface area (Å²) in [5.74, 6) is -0.0261. The van der Waals surface area contributed by atoms with Gasteiger partial charge in [0.25, 0.3) is 0 Å². The van der Waals surface area contributed by atoms with Crippen LogP contribution in [0.3, 0.4) is 0 Å². The predicted octanol–water partition coefficient (Wildman–Crippen LogP) is -0.253. The molecule has 1 aromatic rings. The smallest absolute Gasteiger partial charge is 0.327 e. The van der Waals surface area contributed by atoms with Gasteiger partial charge >= 0.3 is 5.97 Å². The summed E-state index contributed by atoms with van der Waals surface area (Å²) in [7, 11) is 1.32. The number of ether oxygens (including phenoxy) is 1. The number of esters is 1. The Morgan fingerprint density at radius 2 is 2.50 bits per heavy atom. The van der Waals surface area contributed by atoms with E-state index in [4.69, 9.17) is 0 Å². The summed E-state index contributed by atoms with van der Waals surface area (Å²) in [5, 5.41) is 9.88. The van der Waals surface area contributed by atoms with Crippen molar-refractivity contribution in [3.63, 3.8) is 0 Å². The topological polar surface area (TPSA) is 85.2 Å². The largest absolute Gasteiger partial charge is 0.468 e. The minimum absolute atomic E-state index is 0.0358. The van der Waals surface area contributed by atoms with E-state index >= 15 is 0 Å². The van der Waals surface area contributed by atoms with Crippen molar-refractivity contribution in [3.8, 4) is 0 Å². The number of carbonyl (C=O) groups excluding carboxylic acids is 2. The van der Waals surface area contributed by atoms with Gasteiger partial charge in [0.05, 0.1) is 13.2 Å². The van der Waals surface area contributed by atoms with Crippen LogP contribution in [0.15, 0.2) is 12.3 Å². The van der Waals surface area contributed by atoms with E-state index in [9.17, 15) is 9.59 Å². The molecular weight excluding hydrogens is 236 g/mol. The first-order valence-corrected chi connectivity index (χ1v) is 5.83. The molecule has 2 N–H and O–H groups in total. The fraction of sp³-hybridized carbons (Fsp3) is 0.545. The summed E-state index contributed by atoms with van der Waals surface area (Å²) < 4.78 is 5.95. The molecule has 0 saturated carbocycles. The number of methoxy groups -OCH3 is 1. The van der Waals surface area contributed by atoms with Crippen LogP contribution in [0.2, 0.25) is 0 Å². The summed E-state index contributed by atoms with van der Waals surface area (Å²) in [5.41, 5.74) is 0. The van der Waals surface area contributed by atoms with E-state index in [0.29, 0.717) is 5.82 Å². The van der Waals surface area contributed by atoms with Crippen LogP contribution < -0.4 is 10.6 Å². The second-order valence-corrected chi connectivity index (χ2v) is 4.11. The van der Waals surface area contributed by atoms with Gasteiger partial charge in [-0.15, -0.1) is 0 Å². The van der Waals surface area contributed by atoms with Crippen LogP contribution >= 0.6 is 0 Å². The number of nitrogens with one attached hydrogen (secondary N) is 2. The van der Waals surface area contributed by atoms with Crippen LogP contribution in [-0.4, -0.2) is 41.4 Å². The average Bonchev–Trinajstić information content (AvgIpc) is 3.00. The lowest BCUT2D eigenvalue weighted by Gasteiger charge is -2.08. The Bertz CT molecular complexity index is 437. The highest BCUT2D eigenvalue weighted by Crippen LogP contribution is 2.09. The minimum atomic E-state index is -0.381. The third-order valence-corrected chi connectivity index (χ3v) is 2.79. The molecule has 1 atom stereocenters. The first-order valence-electron chi connectivity index (χ1n) is 5.83. The summed E-state index contributed by atoms with van der Waals surface area (Å²) in [4.78, 5) is 22.8. The van der Waals surface area contributed by atoms with E-state index in [1.165, 1.54) is 11.8 Å². The molecule has 1 aromatic heterocycles. The quantitative estimate of drug-likeness (QED) is 0.722. The average molecular weight is 252 g/mol. The number of hydrogen-bond acceptors (Lipinski definition) is 5. The molecular formula is C11H16N4O3. The number of carbonyl (C=O) groups is 2. The number of amides is 1. The molecule has 0 aliphatic carbocycles. The second-order valence-electron chi connectivity index (χ2n) is 4.11. The lowest BCUT2D eigenvalue weighted by atomic mass is 10.2. The Kier molecular flexibility index (Phi) is 3.93. The molecule has 1 saturated heterocycles. The predicted molar refractivity (Wildman–Crippen MR) is 63.9 cm³/mol. The molecule has 1 unspecified atom stereocenters. The van der Waals surface area contributed by atoms with Crippen LogP contribution in [-0.2, 0) is 20.9 Å². The van der Waals surface area contributed by atoms with Gasteiger partial charge in [0.2, 0.25) is 5.91 Å². The molecule has 1 aliphatic rings. The first kappa shape index (κ1) is 12.6. The standard InChI is InChI=1S/C11H16N4O3/c1-18-10(16)7-15-6-4-9(14-15)13-11(17)8-3-2-5-12-8/h4,6,8,12H,2-3,5,7H2,1H3,(H,13,14,17). The maximum Gasteiger partial charge on any atom is 0.327 e. The van der Waals surface area contributed by atoms with Crippen LogP contribution in [0.25, 0.3) is 0 Å². The van der Waals surface area contributed by atoms with Crippen molar-refractivity contribution in [1.82, 2.24) is 15.1 Å². The number of aromatic nitrogens is 2. The SMILES string of the molecule is COC(=O)Cn1ccc(NC(=O)C2CCCN2)n1. The van der Waals surface area contributed by atoms with Crippen molar-refractivity contribution >= 4 is 17.7 Å². The molecule has 2 heterocycles. The van der Waals surface area contributed by atoms with Crippen LogP contribution in [0, 0.1) is 0 Å². The maximum absolute atomic E-state index is 11.8. The summed E-state index contributed by atoms with van der Waals surface area (Å²) in [6.07, 6.45) is 3.47. The molecule has 0 bridgehead atoms. The fourth-order valence-electron chi connectivity index (χ4n) is 1.83. The lowest BCUT2D eigenvalue weighted by Crippen LogP contribution is -2.35. The molecule has 1 fully saturated rings. The van der Waals surface area contributed by atoms with Crippen LogP contribution in [0.1, 0.15) is 12.8 Å². The van der Waals surface area contributed by atoms with Gasteiger partial charge < -0.3 is 15.4 Å². The van der Waals surface area contributed by atoms with Gasteiger partial charge in [-0.3, -0.25) is 14.3 Å². The zero-order chi connectivity index (χ0) is 13.0. The van der Waals surface area contributed by atoms with E-state index in [0.717, 1.165) is 19.4 Å². The monoisotopic (exact) mass is 252 g/mol. The Morgan fingerprint density at radius 3 is 3.17 bits per heavy atom. The highest BCUT2D eigenvalue weighted by atomic mass is 16.5. The van der Waals surface area contributed by atoms with Crippen LogP contribution in [0.5, 0.6) is 0 Å². The van der Waals surface area contributed by atoms with Crippen molar-refractivity contribution in [2.24, 2.45) is 0 Å². The summed E-state index contributed by atoms with van der Waals surface area (Å²) in [6, 6.07) is 1.51. The molecule has 1 amide bonds. The molecule has 18 heavy (non-hydrogen) atoms. The molecule has 0 aromatic carbocycles. The molecule has 0 spiro atoms. The van der Waals surface area contributed by atoms with E-state index in [2.05, 4.69) is 20.5 Å². The zero-order valence-corrected chi connectivity index (χ0v) is 10.2. The minimum Gasteiger partial charge on any atom is -0.468 e. The number of hydrogen-bond donors (Lipinski definition) is 2. The van der Waals surface area contributed by atoms with Gasteiger partial charge in [-0.05, 0) is 19.4 Å². The van der Waals surface area contributed by atoms with Crippen molar-refractivity contribution in [2.45, 2.75) is 25.4 Å². The lowest BCUT2D eigenvalue weighted by molar-refractivity contribution is -0.141. The Hall–Kier alpha value is -1.89. The molecule has 7 heteroatoms. The molecule has 0 radical (unpaired) electrons. The first-order chi connectivity index (χ1) is 8.69. The molecule has 7 nitrogen and oxygen atoms in total. The Morgan fingerprint density at radius 1 is 1.67 bits per heavy atom. The summed E-state index contributed by atoms with van der Waals surface area (Å²) >= 11 is 0. The Labute approximate surface area is 104 Å². The number of rotatable bonds is 4. The fourth-order valence-corrected chi connectivity index (χ4v) is 1.83. The van der Waals surface area contributed by atoms with Crippen molar-refractivity contribution in [2.75, 3.05) is 19.0 Å². The number of nitrogens with zero attached hydrogens (tertiary/aromatic N) is 2. The van der Waals surface area contributed by atoms with Gasteiger partial charge in [0.1, 0.15) is 6.54 Å². The van der Waals surface area contributed by atoms with Gasteiger partial charge in [-0.25, -0.2) is 0 Å². The highest BCUT2D eigenvalue weighted by Gasteiger charge is 2.22. The molecule has 98 valence electrons. The van der Waals surface area contributed by atoms with Gasteiger partial charge in [0, 0.05) is 12.3 Å². The maximum atomic E-state index is 11.8. The van der Waals surface area contributed by atoms with Gasteiger partial charge in [-0.1, -0.05) is 0 Å². The normalized spacial score (nSPS) is 18.6. The second kappa shape index (κ2) is 5.63. The molecule has 1 aliphatic heterocycles. The van der Waals surface area contributed by atoms with Gasteiger partial charge in [0.15, 0.2) is 5.82 Å². The molecule has 2 rings (SSSR count). The third kappa shape index (κ3) is 3.07. The zero-order valence-electron chi connectivity index (χ0n) is 10.2. The van der Waals surface area contributed by atoms with Crippen LogP contribution in [0.4, 0.5) is 5.82 Å². The van der Waals surface area contributed by atoms with E-state index in [1.807, 2.05) is 0 Å². The number of anilines is 1. The van der Waals surface area contributed by atoms with E-state index in [1.54, 1.807) is 12.3 Å². The van der Waals surface area contributed by atoms with E-state index in [-0.39, 0.29) is 24.5 Å². The van der Waals surface area contributed by atoms with Crippen molar-refractivity contribution < 1.29 is 14.3 Å². The van der Waals surface area contributed by atoms with Crippen molar-refractivity contribution in [1.29, 1.82) is 0 Å². The third-order valence-electron chi connectivity index (χ3n) is 2.79. The van der Waals surface area contributed by atoms with Gasteiger partial charge in [-0.2, -0.15) is 5.10 Å². The van der Waals surface area contributed by atoms with E-state index < -0.39 is 0 Å². The Balaban J connectivity index is 1.89. The van der Waals surface area contributed by atoms with Crippen molar-refractivity contribution in [3.05, 3.63) is 12.3 Å². The summed E-state index contributed by atoms with van der Waals surface area (Å²) in [6.45, 7) is 0.906.